The summed E-state index contributed by atoms with van der Waals surface area (Å²) in [7, 11) is 1.58. The van der Waals surface area contributed by atoms with Crippen LogP contribution in [0.25, 0.3) is 16.2 Å². The Bertz CT molecular complexity index is 692. The first-order valence-corrected chi connectivity index (χ1v) is 8.21. The maximum Gasteiger partial charge on any atom is 0.149 e. The molecule has 0 aliphatic rings. The zero-order valence-corrected chi connectivity index (χ0v) is 13.5. The predicted octanol–water partition coefficient (Wildman–Crippen LogP) is 4.14. The van der Waals surface area contributed by atoms with Crippen LogP contribution in [0.5, 0.6) is 0 Å². The Balaban J connectivity index is 2.50. The summed E-state index contributed by atoms with van der Waals surface area (Å²) in [5.74, 6) is -1.26. The number of allylic oxidation sites excluding steroid dienone is 1. The third kappa shape index (κ3) is 3.19. The van der Waals surface area contributed by atoms with Crippen molar-refractivity contribution in [2.45, 2.75) is 6.92 Å². The summed E-state index contributed by atoms with van der Waals surface area (Å²) in [6.45, 7) is 1.80. The fraction of sp³-hybridized carbons (Fsp3) is 0.214. The molecule has 2 aromatic rings. The molecular weight excluding hydrogens is 312 g/mol. The zero-order valence-electron chi connectivity index (χ0n) is 11.8. The van der Waals surface area contributed by atoms with E-state index in [0.717, 1.165) is 16.0 Å². The van der Waals surface area contributed by atoms with Crippen molar-refractivity contribution in [3.8, 4) is 11.3 Å². The van der Waals surface area contributed by atoms with Gasteiger partial charge in [-0.3, -0.25) is 0 Å². The van der Waals surface area contributed by atoms with Gasteiger partial charge in [0.1, 0.15) is 16.6 Å². The minimum absolute atomic E-state index is 0.233. The fourth-order valence-electron chi connectivity index (χ4n) is 1.86. The van der Waals surface area contributed by atoms with Crippen molar-refractivity contribution >= 4 is 33.7 Å². The van der Waals surface area contributed by atoms with Gasteiger partial charge in [0, 0.05) is 29.8 Å². The lowest BCUT2D eigenvalue weighted by Crippen LogP contribution is -1.97. The smallest absolute Gasteiger partial charge is 0.149 e. The molecule has 0 fully saturated rings. The highest BCUT2D eigenvalue weighted by Gasteiger charge is 2.15. The lowest BCUT2D eigenvalue weighted by Gasteiger charge is -2.06. The average molecular weight is 327 g/mol. The summed E-state index contributed by atoms with van der Waals surface area (Å²) in [4.78, 5) is 5.27. The van der Waals surface area contributed by atoms with Crippen LogP contribution in [0.1, 0.15) is 11.9 Å². The van der Waals surface area contributed by atoms with E-state index in [-0.39, 0.29) is 11.3 Å². The molecule has 0 amide bonds. The summed E-state index contributed by atoms with van der Waals surface area (Å²) in [6, 6.07) is 2.28. The Labute approximate surface area is 130 Å². The molecule has 0 saturated heterocycles. The van der Waals surface area contributed by atoms with E-state index >= 15 is 0 Å². The van der Waals surface area contributed by atoms with Gasteiger partial charge in [0.2, 0.25) is 0 Å². The standard InChI is InChI=1S/C14H15F2N3S2/c1-7(17)13(20-3)14-19-12(6-21-14)8-4-11(18-2)10(16)5-9(8)15/h4-6,18H,17H2,1-3H3/b13-7+. The topological polar surface area (TPSA) is 50.9 Å². The molecule has 2 rings (SSSR count). The molecule has 7 heteroatoms. The van der Waals surface area contributed by atoms with Crippen molar-refractivity contribution in [1.82, 2.24) is 4.98 Å². The van der Waals surface area contributed by atoms with E-state index in [9.17, 15) is 8.78 Å². The second-order valence-electron chi connectivity index (χ2n) is 4.32. The highest BCUT2D eigenvalue weighted by atomic mass is 32.2. The number of thiazole rings is 1. The molecule has 21 heavy (non-hydrogen) atoms. The average Bonchev–Trinajstić information content (AvgIpc) is 2.88. The molecule has 0 radical (unpaired) electrons. The molecule has 3 N–H and O–H groups in total. The molecule has 0 spiro atoms. The lowest BCUT2D eigenvalue weighted by atomic mass is 10.1. The van der Waals surface area contributed by atoms with Crippen LogP contribution in [0.4, 0.5) is 14.5 Å². The Morgan fingerprint density at radius 2 is 2.05 bits per heavy atom. The van der Waals surface area contributed by atoms with Gasteiger partial charge in [-0.05, 0) is 19.2 Å². The van der Waals surface area contributed by atoms with Crippen LogP contribution in [0.3, 0.4) is 0 Å². The molecule has 1 heterocycles. The van der Waals surface area contributed by atoms with Crippen LogP contribution in [-0.4, -0.2) is 18.3 Å². The van der Waals surface area contributed by atoms with Gasteiger partial charge in [-0.15, -0.1) is 23.1 Å². The van der Waals surface area contributed by atoms with Gasteiger partial charge in [-0.2, -0.15) is 0 Å². The molecule has 3 nitrogen and oxygen atoms in total. The number of anilines is 1. The quantitative estimate of drug-likeness (QED) is 0.886. The molecule has 0 aliphatic heterocycles. The van der Waals surface area contributed by atoms with Crippen LogP contribution < -0.4 is 11.1 Å². The first-order valence-electron chi connectivity index (χ1n) is 6.11. The van der Waals surface area contributed by atoms with Crippen molar-refractivity contribution < 1.29 is 8.78 Å². The van der Waals surface area contributed by atoms with Crippen molar-refractivity contribution in [3.63, 3.8) is 0 Å². The Morgan fingerprint density at radius 1 is 1.33 bits per heavy atom. The van der Waals surface area contributed by atoms with Crippen molar-refractivity contribution in [3.05, 3.63) is 39.9 Å². The first-order chi connectivity index (χ1) is 9.97. The predicted molar refractivity (Wildman–Crippen MR) is 87.3 cm³/mol. The van der Waals surface area contributed by atoms with E-state index in [2.05, 4.69) is 10.3 Å². The monoisotopic (exact) mass is 327 g/mol. The lowest BCUT2D eigenvalue weighted by molar-refractivity contribution is 0.587. The number of thioether (sulfide) groups is 1. The van der Waals surface area contributed by atoms with Crippen LogP contribution in [0.15, 0.2) is 23.2 Å². The largest absolute Gasteiger partial charge is 0.401 e. The van der Waals surface area contributed by atoms with Crippen molar-refractivity contribution in [1.29, 1.82) is 0 Å². The highest BCUT2D eigenvalue weighted by molar-refractivity contribution is 8.07. The minimum Gasteiger partial charge on any atom is -0.401 e. The van der Waals surface area contributed by atoms with Crippen molar-refractivity contribution in [2.75, 3.05) is 18.6 Å². The number of rotatable bonds is 4. The molecule has 1 aromatic carbocycles. The van der Waals surface area contributed by atoms with Gasteiger partial charge < -0.3 is 11.1 Å². The van der Waals surface area contributed by atoms with E-state index in [0.29, 0.717) is 11.4 Å². The van der Waals surface area contributed by atoms with E-state index in [1.807, 2.05) is 6.26 Å². The maximum atomic E-state index is 14.0. The van der Waals surface area contributed by atoms with Gasteiger partial charge in [0.25, 0.3) is 0 Å². The molecule has 0 bridgehead atoms. The Morgan fingerprint density at radius 3 is 2.62 bits per heavy atom. The summed E-state index contributed by atoms with van der Waals surface area (Å²) in [6.07, 6.45) is 1.91. The van der Waals surface area contributed by atoms with E-state index in [4.69, 9.17) is 5.73 Å². The fourth-order valence-corrected chi connectivity index (χ4v) is 3.61. The summed E-state index contributed by atoms with van der Waals surface area (Å²) >= 11 is 2.87. The Hall–Kier alpha value is -1.60. The second kappa shape index (κ2) is 6.44. The minimum atomic E-state index is -0.637. The van der Waals surface area contributed by atoms with Crippen LogP contribution in [0.2, 0.25) is 0 Å². The normalized spacial score (nSPS) is 12.2. The van der Waals surface area contributed by atoms with E-state index < -0.39 is 11.6 Å². The molecule has 0 atom stereocenters. The highest BCUT2D eigenvalue weighted by Crippen LogP contribution is 2.34. The molecule has 1 aromatic heterocycles. The third-order valence-electron chi connectivity index (χ3n) is 2.86. The summed E-state index contributed by atoms with van der Waals surface area (Å²) in [5.41, 5.74) is 7.44. The van der Waals surface area contributed by atoms with Gasteiger partial charge in [0.05, 0.1) is 16.3 Å². The molecule has 0 aliphatic carbocycles. The molecule has 0 unspecified atom stereocenters. The van der Waals surface area contributed by atoms with Gasteiger partial charge >= 0.3 is 0 Å². The SMILES string of the molecule is CNc1cc(-c2csc(/C(SC)=C(/C)N)n2)c(F)cc1F. The number of nitrogens with two attached hydrogens (primary N) is 1. The number of hydrogen-bond donors (Lipinski definition) is 2. The number of nitrogens with zero attached hydrogens (tertiary/aromatic N) is 1. The third-order valence-corrected chi connectivity index (χ3v) is 4.78. The number of halogens is 2. The molecular formula is C14H15F2N3S2. The van der Waals surface area contributed by atoms with Gasteiger partial charge in [0.15, 0.2) is 0 Å². The number of benzene rings is 1. The maximum absolute atomic E-state index is 14.0. The van der Waals surface area contributed by atoms with Crippen LogP contribution in [0, 0.1) is 11.6 Å². The van der Waals surface area contributed by atoms with E-state index in [1.54, 1.807) is 19.4 Å². The number of nitrogens with one attached hydrogen (secondary N) is 1. The second-order valence-corrected chi connectivity index (χ2v) is 5.99. The van der Waals surface area contributed by atoms with E-state index in [1.165, 1.54) is 29.2 Å². The molecule has 0 saturated carbocycles. The van der Waals surface area contributed by atoms with Crippen LogP contribution >= 0.6 is 23.1 Å². The van der Waals surface area contributed by atoms with Gasteiger partial charge in [-0.1, -0.05) is 0 Å². The zero-order chi connectivity index (χ0) is 15.6. The Kier molecular flexibility index (Phi) is 4.84. The van der Waals surface area contributed by atoms with Gasteiger partial charge in [-0.25, -0.2) is 13.8 Å². The number of hydrogen-bond acceptors (Lipinski definition) is 5. The van der Waals surface area contributed by atoms with Crippen LogP contribution in [-0.2, 0) is 0 Å². The summed E-state index contributed by atoms with van der Waals surface area (Å²) in [5, 5.41) is 5.16. The van der Waals surface area contributed by atoms with Crippen molar-refractivity contribution in [2.24, 2.45) is 5.73 Å². The first kappa shape index (κ1) is 15.8. The summed E-state index contributed by atoms with van der Waals surface area (Å²) < 4.78 is 27.5. The molecule has 112 valence electrons. The number of aromatic nitrogens is 1.